The summed E-state index contributed by atoms with van der Waals surface area (Å²) in [6.07, 6.45) is 8.62. The Balaban J connectivity index is 1.50. The highest BCUT2D eigenvalue weighted by atomic mass is 19.1. The van der Waals surface area contributed by atoms with E-state index in [-0.39, 0.29) is 6.54 Å². The highest BCUT2D eigenvalue weighted by Gasteiger charge is 2.43. The van der Waals surface area contributed by atoms with E-state index in [0.717, 1.165) is 27.7 Å². The van der Waals surface area contributed by atoms with Gasteiger partial charge in [0.1, 0.15) is 11.3 Å². The predicted molar refractivity (Wildman–Crippen MR) is 89.6 cm³/mol. The number of aromatic nitrogens is 5. The SMILES string of the molecule is FC1(CNc2ncc3c(-c4ccn5nccc5c4)c[nH]c3n2)CC1. The van der Waals surface area contributed by atoms with Crippen LogP contribution in [0.4, 0.5) is 10.3 Å². The van der Waals surface area contributed by atoms with Crippen LogP contribution in [0, 0.1) is 0 Å². The molecular weight excluding hydrogens is 307 g/mol. The van der Waals surface area contributed by atoms with Crippen molar-refractivity contribution in [2.45, 2.75) is 18.5 Å². The number of anilines is 1. The molecule has 1 aliphatic carbocycles. The predicted octanol–water partition coefficient (Wildman–Crippen LogP) is 3.19. The minimum Gasteiger partial charge on any atom is -0.351 e. The number of fused-ring (bicyclic) bond motifs is 2. The van der Waals surface area contributed by atoms with Crippen molar-refractivity contribution < 1.29 is 4.39 Å². The van der Waals surface area contributed by atoms with Crippen LogP contribution in [-0.4, -0.2) is 36.8 Å². The third-order valence-corrected chi connectivity index (χ3v) is 4.50. The zero-order chi connectivity index (χ0) is 16.1. The first-order chi connectivity index (χ1) is 11.7. The van der Waals surface area contributed by atoms with E-state index in [2.05, 4.69) is 31.4 Å². The van der Waals surface area contributed by atoms with Crippen molar-refractivity contribution in [1.29, 1.82) is 0 Å². The molecule has 0 unspecified atom stereocenters. The molecule has 4 heterocycles. The molecule has 1 aliphatic rings. The highest BCUT2D eigenvalue weighted by molar-refractivity contribution is 5.94. The lowest BCUT2D eigenvalue weighted by molar-refractivity contribution is 0.326. The van der Waals surface area contributed by atoms with Crippen molar-refractivity contribution >= 4 is 22.5 Å². The summed E-state index contributed by atoms with van der Waals surface area (Å²) in [6, 6.07) is 6.04. The van der Waals surface area contributed by atoms with Gasteiger partial charge in [-0.2, -0.15) is 10.1 Å². The maximum Gasteiger partial charge on any atom is 0.224 e. The molecule has 0 amide bonds. The first kappa shape index (κ1) is 13.5. The number of alkyl halides is 1. The molecule has 6 nitrogen and oxygen atoms in total. The summed E-state index contributed by atoms with van der Waals surface area (Å²) >= 11 is 0. The van der Waals surface area contributed by atoms with Crippen molar-refractivity contribution in [3.63, 3.8) is 0 Å². The average Bonchev–Trinajstić information content (AvgIpc) is 3.02. The summed E-state index contributed by atoms with van der Waals surface area (Å²) in [4.78, 5) is 11.9. The number of aromatic amines is 1. The van der Waals surface area contributed by atoms with Crippen molar-refractivity contribution in [3.8, 4) is 11.1 Å². The molecule has 0 aromatic carbocycles. The Morgan fingerprint density at radius 1 is 1.33 bits per heavy atom. The normalized spacial score (nSPS) is 15.9. The van der Waals surface area contributed by atoms with Gasteiger partial charge in [0.05, 0.1) is 12.1 Å². The van der Waals surface area contributed by atoms with Crippen molar-refractivity contribution in [3.05, 3.63) is 43.0 Å². The highest BCUT2D eigenvalue weighted by Crippen LogP contribution is 2.39. The fraction of sp³-hybridized carbons (Fsp3) is 0.235. The van der Waals surface area contributed by atoms with Gasteiger partial charge in [0, 0.05) is 35.7 Å². The molecule has 4 aromatic heterocycles. The second-order valence-corrected chi connectivity index (χ2v) is 6.28. The van der Waals surface area contributed by atoms with Crippen molar-refractivity contribution in [2.75, 3.05) is 11.9 Å². The van der Waals surface area contributed by atoms with Gasteiger partial charge in [-0.1, -0.05) is 0 Å². The van der Waals surface area contributed by atoms with Crippen LogP contribution in [0.2, 0.25) is 0 Å². The molecule has 7 heteroatoms. The molecular formula is C17H15FN6. The Morgan fingerprint density at radius 2 is 2.25 bits per heavy atom. The topological polar surface area (TPSA) is 70.9 Å². The van der Waals surface area contributed by atoms with Gasteiger partial charge in [-0.3, -0.25) is 0 Å². The third-order valence-electron chi connectivity index (χ3n) is 4.50. The Kier molecular flexibility index (Phi) is 2.68. The summed E-state index contributed by atoms with van der Waals surface area (Å²) in [5, 5.41) is 8.12. The number of nitrogens with zero attached hydrogens (tertiary/aromatic N) is 4. The minimum absolute atomic E-state index is 0.268. The second-order valence-electron chi connectivity index (χ2n) is 6.28. The van der Waals surface area contributed by atoms with E-state index in [0.29, 0.717) is 18.8 Å². The molecule has 0 radical (unpaired) electrons. The summed E-state index contributed by atoms with van der Waals surface area (Å²) in [5.74, 6) is 0.450. The van der Waals surface area contributed by atoms with Crippen LogP contribution >= 0.6 is 0 Å². The fourth-order valence-electron chi connectivity index (χ4n) is 2.87. The van der Waals surface area contributed by atoms with E-state index in [1.807, 2.05) is 29.0 Å². The summed E-state index contributed by atoms with van der Waals surface area (Å²) in [7, 11) is 0. The molecule has 0 atom stereocenters. The number of hydrogen-bond donors (Lipinski definition) is 2. The van der Waals surface area contributed by atoms with Gasteiger partial charge in [-0.05, 0) is 36.6 Å². The Bertz CT molecular complexity index is 1050. The Labute approximate surface area is 136 Å². The fourth-order valence-corrected chi connectivity index (χ4v) is 2.87. The van der Waals surface area contributed by atoms with Gasteiger partial charge in [-0.25, -0.2) is 13.9 Å². The molecule has 0 spiro atoms. The number of nitrogens with one attached hydrogen (secondary N) is 2. The van der Waals surface area contributed by atoms with Gasteiger partial charge in [0.25, 0.3) is 0 Å². The molecule has 4 aromatic rings. The molecule has 24 heavy (non-hydrogen) atoms. The zero-order valence-electron chi connectivity index (χ0n) is 12.8. The van der Waals surface area contributed by atoms with E-state index < -0.39 is 5.67 Å². The van der Waals surface area contributed by atoms with Crippen LogP contribution in [0.25, 0.3) is 27.7 Å². The van der Waals surface area contributed by atoms with Crippen LogP contribution in [0.1, 0.15) is 12.8 Å². The van der Waals surface area contributed by atoms with E-state index >= 15 is 0 Å². The lowest BCUT2D eigenvalue weighted by Crippen LogP contribution is -2.17. The maximum atomic E-state index is 13.7. The van der Waals surface area contributed by atoms with Gasteiger partial charge in [0.15, 0.2) is 0 Å². The molecule has 1 saturated carbocycles. The van der Waals surface area contributed by atoms with E-state index in [9.17, 15) is 4.39 Å². The quantitative estimate of drug-likeness (QED) is 0.605. The zero-order valence-corrected chi connectivity index (χ0v) is 12.8. The van der Waals surface area contributed by atoms with Gasteiger partial charge >= 0.3 is 0 Å². The average molecular weight is 322 g/mol. The van der Waals surface area contributed by atoms with E-state index in [1.54, 1.807) is 12.4 Å². The maximum absolute atomic E-state index is 13.7. The van der Waals surface area contributed by atoms with Crippen LogP contribution in [0.15, 0.2) is 43.0 Å². The van der Waals surface area contributed by atoms with Crippen LogP contribution < -0.4 is 5.32 Å². The van der Waals surface area contributed by atoms with Crippen LogP contribution in [0.3, 0.4) is 0 Å². The lowest BCUT2D eigenvalue weighted by Gasteiger charge is -2.07. The van der Waals surface area contributed by atoms with Crippen molar-refractivity contribution in [2.24, 2.45) is 0 Å². The van der Waals surface area contributed by atoms with Gasteiger partial charge in [0.2, 0.25) is 5.95 Å². The first-order valence-electron chi connectivity index (χ1n) is 7.91. The number of H-pyrrole nitrogens is 1. The summed E-state index contributed by atoms with van der Waals surface area (Å²) in [5.41, 5.74) is 2.79. The lowest BCUT2D eigenvalue weighted by atomic mass is 10.1. The van der Waals surface area contributed by atoms with E-state index in [4.69, 9.17) is 0 Å². The summed E-state index contributed by atoms with van der Waals surface area (Å²) < 4.78 is 15.5. The van der Waals surface area contributed by atoms with Crippen LogP contribution in [-0.2, 0) is 0 Å². The van der Waals surface area contributed by atoms with Gasteiger partial charge < -0.3 is 10.3 Å². The monoisotopic (exact) mass is 322 g/mol. The molecule has 120 valence electrons. The first-order valence-corrected chi connectivity index (χ1v) is 7.91. The smallest absolute Gasteiger partial charge is 0.224 e. The number of hydrogen-bond acceptors (Lipinski definition) is 4. The summed E-state index contributed by atoms with van der Waals surface area (Å²) in [6.45, 7) is 0.268. The van der Waals surface area contributed by atoms with Gasteiger partial charge in [-0.15, -0.1) is 0 Å². The largest absolute Gasteiger partial charge is 0.351 e. The third kappa shape index (κ3) is 2.20. The molecule has 5 rings (SSSR count). The Hall–Kier alpha value is -2.96. The van der Waals surface area contributed by atoms with Crippen LogP contribution in [0.5, 0.6) is 0 Å². The number of halogens is 1. The molecule has 0 aliphatic heterocycles. The number of rotatable bonds is 4. The molecule has 2 N–H and O–H groups in total. The number of pyridine rings is 1. The molecule has 0 saturated heterocycles. The molecule has 0 bridgehead atoms. The van der Waals surface area contributed by atoms with Crippen molar-refractivity contribution in [1.82, 2.24) is 24.6 Å². The molecule has 1 fully saturated rings. The minimum atomic E-state index is -1.07. The standard InChI is InChI=1S/C17H15FN6/c18-17(3-4-17)10-21-16-20-9-14-13(8-19-15(14)23-16)11-2-6-24-12(7-11)1-5-22-24/h1-2,5-9H,3-4,10H2,(H2,19,20,21,23). The second kappa shape index (κ2) is 4.77. The van der Waals surface area contributed by atoms with E-state index in [1.165, 1.54) is 0 Å². The Morgan fingerprint density at radius 3 is 3.12 bits per heavy atom.